The van der Waals surface area contributed by atoms with Crippen LogP contribution >= 0.6 is 0 Å². The first-order valence-electron chi connectivity index (χ1n) is 6.64. The Morgan fingerprint density at radius 2 is 2.11 bits per heavy atom. The van der Waals surface area contributed by atoms with Gasteiger partial charge in [-0.25, -0.2) is 0 Å². The Morgan fingerprint density at radius 1 is 1.26 bits per heavy atom. The van der Waals surface area contributed by atoms with Gasteiger partial charge in [0.15, 0.2) is 0 Å². The van der Waals surface area contributed by atoms with Crippen LogP contribution in [-0.2, 0) is 9.47 Å². The van der Waals surface area contributed by atoms with Crippen molar-refractivity contribution in [3.63, 3.8) is 0 Å². The van der Waals surface area contributed by atoms with Crippen LogP contribution in [0.25, 0.3) is 0 Å². The van der Waals surface area contributed by atoms with Crippen LogP contribution < -0.4 is 10.1 Å². The van der Waals surface area contributed by atoms with E-state index >= 15 is 0 Å². The number of anilines is 1. The van der Waals surface area contributed by atoms with Crippen LogP contribution in [0.5, 0.6) is 5.75 Å². The van der Waals surface area contributed by atoms with E-state index in [-0.39, 0.29) is 6.10 Å². The van der Waals surface area contributed by atoms with E-state index in [1.165, 1.54) is 0 Å². The average Bonchev–Trinajstić information content (AvgIpc) is 2.48. The van der Waals surface area contributed by atoms with Gasteiger partial charge in [0.25, 0.3) is 0 Å². The van der Waals surface area contributed by atoms with Gasteiger partial charge in [-0.2, -0.15) is 0 Å². The Bertz CT molecular complexity index is 389. The summed E-state index contributed by atoms with van der Waals surface area (Å²) in [4.78, 5) is 0. The topological polar surface area (TPSA) is 39.7 Å². The molecule has 0 spiro atoms. The molecule has 2 rings (SSSR count). The van der Waals surface area contributed by atoms with Crippen LogP contribution in [-0.4, -0.2) is 33.0 Å². The molecule has 0 aromatic heterocycles. The summed E-state index contributed by atoms with van der Waals surface area (Å²) in [6.45, 7) is 2.01. The van der Waals surface area contributed by atoms with Crippen LogP contribution in [0.15, 0.2) is 36.6 Å². The molecule has 1 unspecified atom stereocenters. The number of rotatable bonds is 7. The first-order valence-corrected chi connectivity index (χ1v) is 6.64. The van der Waals surface area contributed by atoms with Gasteiger partial charge < -0.3 is 19.5 Å². The van der Waals surface area contributed by atoms with Gasteiger partial charge in [0.05, 0.1) is 19.4 Å². The molecule has 0 aliphatic carbocycles. The molecule has 0 fully saturated rings. The molecule has 1 aromatic rings. The van der Waals surface area contributed by atoms with Crippen LogP contribution in [0.1, 0.15) is 12.8 Å². The van der Waals surface area contributed by atoms with Crippen molar-refractivity contribution in [2.75, 3.05) is 32.2 Å². The minimum absolute atomic E-state index is 0.266. The second-order valence-corrected chi connectivity index (χ2v) is 4.45. The van der Waals surface area contributed by atoms with E-state index in [4.69, 9.17) is 14.2 Å². The lowest BCUT2D eigenvalue weighted by Crippen LogP contribution is -2.22. The maximum absolute atomic E-state index is 5.51. The van der Waals surface area contributed by atoms with Gasteiger partial charge in [-0.1, -0.05) is 0 Å². The van der Waals surface area contributed by atoms with Gasteiger partial charge in [-0.15, -0.1) is 0 Å². The smallest absolute Gasteiger partial charge is 0.119 e. The fourth-order valence-electron chi connectivity index (χ4n) is 1.88. The quantitative estimate of drug-likeness (QED) is 0.768. The van der Waals surface area contributed by atoms with Crippen molar-refractivity contribution in [2.45, 2.75) is 18.9 Å². The number of hydrogen-bond acceptors (Lipinski definition) is 4. The molecule has 1 aliphatic rings. The van der Waals surface area contributed by atoms with Gasteiger partial charge >= 0.3 is 0 Å². The molecule has 1 heterocycles. The largest absolute Gasteiger partial charge is 0.497 e. The second-order valence-electron chi connectivity index (χ2n) is 4.45. The van der Waals surface area contributed by atoms with Crippen molar-refractivity contribution in [1.29, 1.82) is 0 Å². The molecule has 0 saturated heterocycles. The van der Waals surface area contributed by atoms with Crippen LogP contribution in [0, 0.1) is 0 Å². The lowest BCUT2D eigenvalue weighted by atomic mass is 10.1. The monoisotopic (exact) mass is 263 g/mol. The van der Waals surface area contributed by atoms with Crippen molar-refractivity contribution in [2.24, 2.45) is 0 Å². The zero-order chi connectivity index (χ0) is 13.3. The Labute approximate surface area is 114 Å². The number of hydrogen-bond donors (Lipinski definition) is 1. The summed E-state index contributed by atoms with van der Waals surface area (Å²) < 4.78 is 16.0. The predicted octanol–water partition coefficient (Wildman–Crippen LogP) is 2.82. The minimum Gasteiger partial charge on any atom is -0.497 e. The molecular formula is C15H21NO3. The summed E-state index contributed by atoms with van der Waals surface area (Å²) in [6.07, 6.45) is 6.29. The van der Waals surface area contributed by atoms with Crippen molar-refractivity contribution < 1.29 is 14.2 Å². The van der Waals surface area contributed by atoms with Gasteiger partial charge in [0.2, 0.25) is 0 Å². The summed E-state index contributed by atoms with van der Waals surface area (Å²) in [7, 11) is 1.67. The van der Waals surface area contributed by atoms with Crippen LogP contribution in [0.3, 0.4) is 0 Å². The summed E-state index contributed by atoms with van der Waals surface area (Å²) in [5.74, 6) is 0.861. The number of allylic oxidation sites excluding steroid dienone is 1. The molecule has 0 bridgehead atoms. The van der Waals surface area contributed by atoms with Gasteiger partial charge in [-0.3, -0.25) is 0 Å². The molecule has 4 nitrogen and oxygen atoms in total. The first-order chi connectivity index (χ1) is 9.38. The van der Waals surface area contributed by atoms with E-state index in [0.717, 1.165) is 30.8 Å². The van der Waals surface area contributed by atoms with Crippen LogP contribution in [0.2, 0.25) is 0 Å². The Morgan fingerprint density at radius 3 is 2.79 bits per heavy atom. The normalized spacial score (nSPS) is 17.8. The molecule has 1 aromatic carbocycles. The van der Waals surface area contributed by atoms with Crippen LogP contribution in [0.4, 0.5) is 5.69 Å². The Kier molecular flexibility index (Phi) is 5.56. The molecular weight excluding hydrogens is 242 g/mol. The van der Waals surface area contributed by atoms with Gasteiger partial charge in [0, 0.05) is 12.8 Å². The third-order valence-corrected chi connectivity index (χ3v) is 2.97. The fraction of sp³-hybridized carbons (Fsp3) is 0.467. The molecule has 4 heteroatoms. The zero-order valence-electron chi connectivity index (χ0n) is 11.3. The van der Waals surface area contributed by atoms with E-state index < -0.39 is 0 Å². The van der Waals surface area contributed by atoms with Gasteiger partial charge in [-0.05, 0) is 43.2 Å². The second kappa shape index (κ2) is 7.69. The number of nitrogens with one attached hydrogen (secondary N) is 1. The SMILES string of the molecule is COCCOc1ccc(NCC2CCC=CO2)cc1. The Hall–Kier alpha value is -1.68. The molecule has 0 radical (unpaired) electrons. The molecule has 19 heavy (non-hydrogen) atoms. The van der Waals surface area contributed by atoms with Crippen molar-refractivity contribution >= 4 is 5.69 Å². The summed E-state index contributed by atoms with van der Waals surface area (Å²) >= 11 is 0. The highest BCUT2D eigenvalue weighted by Gasteiger charge is 2.10. The lowest BCUT2D eigenvalue weighted by Gasteiger charge is -2.20. The van der Waals surface area contributed by atoms with Crippen molar-refractivity contribution in [3.8, 4) is 5.75 Å². The number of benzene rings is 1. The Balaban J connectivity index is 1.73. The first kappa shape index (κ1) is 13.7. The summed E-state index contributed by atoms with van der Waals surface area (Å²) in [5.41, 5.74) is 1.08. The van der Waals surface area contributed by atoms with E-state index in [1.807, 2.05) is 24.3 Å². The van der Waals surface area contributed by atoms with Crippen molar-refractivity contribution in [3.05, 3.63) is 36.6 Å². The molecule has 1 aliphatic heterocycles. The molecule has 1 N–H and O–H groups in total. The zero-order valence-corrected chi connectivity index (χ0v) is 11.3. The van der Waals surface area contributed by atoms with E-state index in [0.29, 0.717) is 13.2 Å². The standard InChI is InChI=1S/C15H21NO3/c1-17-10-11-19-14-7-5-13(6-8-14)16-12-15-4-2-3-9-18-15/h3,5-9,15-16H,2,4,10-12H2,1H3. The lowest BCUT2D eigenvalue weighted by molar-refractivity contribution is 0.135. The highest BCUT2D eigenvalue weighted by Crippen LogP contribution is 2.17. The van der Waals surface area contributed by atoms with E-state index in [2.05, 4.69) is 11.4 Å². The molecule has 104 valence electrons. The maximum atomic E-state index is 5.51. The van der Waals surface area contributed by atoms with E-state index in [9.17, 15) is 0 Å². The average molecular weight is 263 g/mol. The number of ether oxygens (including phenoxy) is 3. The highest BCUT2D eigenvalue weighted by atomic mass is 16.5. The highest BCUT2D eigenvalue weighted by molar-refractivity contribution is 5.46. The number of methoxy groups -OCH3 is 1. The fourth-order valence-corrected chi connectivity index (χ4v) is 1.88. The third-order valence-electron chi connectivity index (χ3n) is 2.97. The van der Waals surface area contributed by atoms with Gasteiger partial charge in [0.1, 0.15) is 18.5 Å². The molecule has 0 amide bonds. The molecule has 0 saturated carbocycles. The third kappa shape index (κ3) is 4.83. The maximum Gasteiger partial charge on any atom is 0.119 e. The predicted molar refractivity (Wildman–Crippen MR) is 75.5 cm³/mol. The summed E-state index contributed by atoms with van der Waals surface area (Å²) in [6, 6.07) is 7.95. The van der Waals surface area contributed by atoms with E-state index in [1.54, 1.807) is 13.4 Å². The minimum atomic E-state index is 0.266. The van der Waals surface area contributed by atoms with Crippen molar-refractivity contribution in [1.82, 2.24) is 0 Å². The molecule has 1 atom stereocenters. The summed E-state index contributed by atoms with van der Waals surface area (Å²) in [5, 5.41) is 3.37.